The molecule has 0 saturated carbocycles. The van der Waals surface area contributed by atoms with Gasteiger partial charge in [0.25, 0.3) is 0 Å². The van der Waals surface area contributed by atoms with Gasteiger partial charge in [-0.15, -0.1) is 0 Å². The number of unbranched alkanes of at least 4 members (excludes halogenated alkanes) is 3. The highest BCUT2D eigenvalue weighted by molar-refractivity contribution is 7.88. The van der Waals surface area contributed by atoms with E-state index in [1.807, 2.05) is 24.3 Å². The number of fused-ring (bicyclic) bond motifs is 3. The van der Waals surface area contributed by atoms with Gasteiger partial charge in [0.2, 0.25) is 10.0 Å². The number of nitrogens with two attached hydrogens (primary N) is 1. The molecular formula is C20H29N5O2S. The predicted molar refractivity (Wildman–Crippen MR) is 115 cm³/mol. The molecule has 8 heteroatoms. The number of benzene rings is 1. The molecule has 0 unspecified atom stereocenters. The molecule has 152 valence electrons. The average Bonchev–Trinajstić information content (AvgIpc) is 3.01. The van der Waals surface area contributed by atoms with Crippen LogP contribution in [-0.2, 0) is 23.0 Å². The summed E-state index contributed by atoms with van der Waals surface area (Å²) in [5.41, 5.74) is 8.79. The van der Waals surface area contributed by atoms with Crippen molar-refractivity contribution < 1.29 is 8.42 Å². The topological polar surface area (TPSA) is 103 Å². The average molecular weight is 404 g/mol. The van der Waals surface area contributed by atoms with Gasteiger partial charge < -0.3 is 10.3 Å². The molecule has 0 spiro atoms. The molecule has 0 aliphatic heterocycles. The molecule has 28 heavy (non-hydrogen) atoms. The van der Waals surface area contributed by atoms with E-state index >= 15 is 0 Å². The Labute approximate surface area is 166 Å². The van der Waals surface area contributed by atoms with Gasteiger partial charge in [0.15, 0.2) is 5.82 Å². The minimum Gasteiger partial charge on any atom is -0.382 e. The highest BCUT2D eigenvalue weighted by Crippen LogP contribution is 2.29. The fourth-order valence-corrected chi connectivity index (χ4v) is 4.06. The van der Waals surface area contributed by atoms with Gasteiger partial charge in [-0.25, -0.2) is 23.1 Å². The Morgan fingerprint density at radius 2 is 1.89 bits per heavy atom. The predicted octanol–water partition coefficient (Wildman–Crippen LogP) is 3.23. The molecule has 0 fully saturated rings. The van der Waals surface area contributed by atoms with E-state index in [0.29, 0.717) is 25.3 Å². The molecule has 0 aliphatic rings. The van der Waals surface area contributed by atoms with E-state index in [1.165, 1.54) is 25.5 Å². The monoisotopic (exact) mass is 403 g/mol. The van der Waals surface area contributed by atoms with E-state index in [9.17, 15) is 8.42 Å². The zero-order valence-corrected chi connectivity index (χ0v) is 17.4. The minimum absolute atomic E-state index is 0.395. The number of para-hydroxylation sites is 1. The molecule has 0 atom stereocenters. The van der Waals surface area contributed by atoms with Crippen LogP contribution in [0.5, 0.6) is 0 Å². The first kappa shape index (κ1) is 20.5. The van der Waals surface area contributed by atoms with Crippen LogP contribution in [0.2, 0.25) is 0 Å². The highest BCUT2D eigenvalue weighted by Gasteiger charge is 2.17. The zero-order chi connectivity index (χ0) is 20.1. The highest BCUT2D eigenvalue weighted by atomic mass is 32.2. The molecule has 0 bridgehead atoms. The largest absolute Gasteiger partial charge is 0.382 e. The summed E-state index contributed by atoms with van der Waals surface area (Å²) in [5, 5.41) is 1.02. The van der Waals surface area contributed by atoms with Gasteiger partial charge in [-0.2, -0.15) is 0 Å². The summed E-state index contributed by atoms with van der Waals surface area (Å²) in [6.45, 7) is 3.27. The van der Waals surface area contributed by atoms with Crippen molar-refractivity contribution in [3.8, 4) is 0 Å². The smallest absolute Gasteiger partial charge is 0.208 e. The third-order valence-corrected chi connectivity index (χ3v) is 5.59. The van der Waals surface area contributed by atoms with E-state index in [1.54, 1.807) is 0 Å². The summed E-state index contributed by atoms with van der Waals surface area (Å²) in [5.74, 6) is 1.44. The zero-order valence-electron chi connectivity index (χ0n) is 16.6. The van der Waals surface area contributed by atoms with Crippen LogP contribution in [0.25, 0.3) is 21.9 Å². The number of aromatic nitrogens is 3. The van der Waals surface area contributed by atoms with Gasteiger partial charge in [0.1, 0.15) is 11.3 Å². The second-order valence-corrected chi connectivity index (χ2v) is 9.05. The first-order valence-electron chi connectivity index (χ1n) is 9.88. The molecule has 3 rings (SSSR count). The van der Waals surface area contributed by atoms with Crippen molar-refractivity contribution in [2.45, 2.75) is 52.0 Å². The van der Waals surface area contributed by atoms with E-state index in [2.05, 4.69) is 21.2 Å². The molecule has 7 nitrogen and oxygen atoms in total. The van der Waals surface area contributed by atoms with Crippen LogP contribution < -0.4 is 10.5 Å². The number of anilines is 1. The standard InChI is InChI=1S/C20H29N5O2S/c1-3-4-5-6-12-17-24-18-19(25(17)14-9-13-22-28(2,26)27)15-10-7-8-11-16(15)23-20(18)21/h7-8,10-11,22H,3-6,9,12-14H2,1-2H3,(H2,21,23). The third-order valence-electron chi connectivity index (χ3n) is 4.87. The fourth-order valence-electron chi connectivity index (χ4n) is 3.54. The summed E-state index contributed by atoms with van der Waals surface area (Å²) >= 11 is 0. The number of hydrogen-bond donors (Lipinski definition) is 2. The molecule has 3 aromatic rings. The van der Waals surface area contributed by atoms with Crippen molar-refractivity contribution in [1.82, 2.24) is 19.3 Å². The number of nitrogen functional groups attached to an aromatic ring is 1. The number of hydrogen-bond acceptors (Lipinski definition) is 5. The van der Waals surface area contributed by atoms with Crippen LogP contribution in [0.1, 0.15) is 44.9 Å². The van der Waals surface area contributed by atoms with Gasteiger partial charge in [0.05, 0.1) is 17.3 Å². The van der Waals surface area contributed by atoms with E-state index in [-0.39, 0.29) is 0 Å². The summed E-state index contributed by atoms with van der Waals surface area (Å²) in [6.07, 6.45) is 7.38. The number of pyridine rings is 1. The van der Waals surface area contributed by atoms with Crippen LogP contribution in [0, 0.1) is 0 Å². The molecule has 1 aromatic carbocycles. The maximum absolute atomic E-state index is 11.3. The van der Waals surface area contributed by atoms with Crippen LogP contribution in [0.4, 0.5) is 5.82 Å². The molecule has 0 saturated heterocycles. The number of imidazole rings is 1. The van der Waals surface area contributed by atoms with E-state index < -0.39 is 10.0 Å². The van der Waals surface area contributed by atoms with Crippen LogP contribution in [0.15, 0.2) is 24.3 Å². The normalized spacial score (nSPS) is 12.2. The molecule has 0 aliphatic carbocycles. The number of sulfonamides is 1. The van der Waals surface area contributed by atoms with Gasteiger partial charge >= 0.3 is 0 Å². The first-order chi connectivity index (χ1) is 13.4. The minimum atomic E-state index is -3.18. The Bertz CT molecular complexity index is 1060. The lowest BCUT2D eigenvalue weighted by Crippen LogP contribution is -2.24. The van der Waals surface area contributed by atoms with Crippen LogP contribution >= 0.6 is 0 Å². The molecule has 0 amide bonds. The summed E-state index contributed by atoms with van der Waals surface area (Å²) < 4.78 is 27.4. The van der Waals surface area contributed by atoms with Crippen LogP contribution in [0.3, 0.4) is 0 Å². The maximum atomic E-state index is 11.3. The van der Waals surface area contributed by atoms with Crippen molar-refractivity contribution in [1.29, 1.82) is 0 Å². The molecule has 0 radical (unpaired) electrons. The van der Waals surface area contributed by atoms with Crippen molar-refractivity contribution >= 4 is 37.8 Å². The van der Waals surface area contributed by atoms with Gasteiger partial charge in [-0.3, -0.25) is 0 Å². The Morgan fingerprint density at radius 3 is 2.64 bits per heavy atom. The summed E-state index contributed by atoms with van der Waals surface area (Å²) in [7, 11) is -3.18. The molecular weight excluding hydrogens is 374 g/mol. The van der Waals surface area contributed by atoms with Crippen molar-refractivity contribution in [2.24, 2.45) is 0 Å². The number of nitrogens with one attached hydrogen (secondary N) is 1. The van der Waals surface area contributed by atoms with E-state index in [4.69, 9.17) is 10.7 Å². The summed E-state index contributed by atoms with van der Waals surface area (Å²) in [6, 6.07) is 7.93. The second kappa shape index (κ2) is 8.87. The summed E-state index contributed by atoms with van der Waals surface area (Å²) in [4.78, 5) is 9.33. The lowest BCUT2D eigenvalue weighted by Gasteiger charge is -2.11. The molecule has 2 heterocycles. The second-order valence-electron chi connectivity index (χ2n) is 7.22. The van der Waals surface area contributed by atoms with Gasteiger partial charge in [-0.05, 0) is 18.9 Å². The van der Waals surface area contributed by atoms with Crippen molar-refractivity contribution in [3.05, 3.63) is 30.1 Å². The lowest BCUT2D eigenvalue weighted by molar-refractivity contribution is 0.568. The number of aryl methyl sites for hydroxylation is 2. The van der Waals surface area contributed by atoms with Crippen LogP contribution in [-0.4, -0.2) is 35.8 Å². The SMILES string of the molecule is CCCCCCc1nc2c(N)nc3ccccc3c2n1CCCNS(C)(=O)=O. The number of nitrogens with zero attached hydrogens (tertiary/aromatic N) is 3. The number of rotatable bonds is 10. The Morgan fingerprint density at radius 1 is 1.11 bits per heavy atom. The Kier molecular flexibility index (Phi) is 6.51. The quantitative estimate of drug-likeness (QED) is 0.506. The van der Waals surface area contributed by atoms with Crippen molar-refractivity contribution in [2.75, 3.05) is 18.5 Å². The van der Waals surface area contributed by atoms with Gasteiger partial charge in [0, 0.05) is 24.9 Å². The lowest BCUT2D eigenvalue weighted by atomic mass is 10.1. The Hall–Kier alpha value is -2.19. The first-order valence-corrected chi connectivity index (χ1v) is 11.8. The third kappa shape index (κ3) is 4.80. The maximum Gasteiger partial charge on any atom is 0.208 e. The molecule has 2 aromatic heterocycles. The van der Waals surface area contributed by atoms with E-state index in [0.717, 1.165) is 40.6 Å². The Balaban J connectivity index is 1.97. The van der Waals surface area contributed by atoms with Crippen molar-refractivity contribution in [3.63, 3.8) is 0 Å². The molecule has 3 N–H and O–H groups in total. The van der Waals surface area contributed by atoms with Gasteiger partial charge in [-0.1, -0.05) is 44.4 Å². The fraction of sp³-hybridized carbons (Fsp3) is 0.500.